The van der Waals surface area contributed by atoms with Gasteiger partial charge in [-0.05, 0) is 12.1 Å². The van der Waals surface area contributed by atoms with E-state index in [2.05, 4.69) is 25.8 Å². The van der Waals surface area contributed by atoms with Crippen molar-refractivity contribution >= 4 is 17.4 Å². The summed E-state index contributed by atoms with van der Waals surface area (Å²) in [6, 6.07) is 2.91. The van der Waals surface area contributed by atoms with E-state index in [1.54, 1.807) is 0 Å². The van der Waals surface area contributed by atoms with Gasteiger partial charge in [-0.15, -0.1) is 0 Å². The molecule has 0 aromatic carbocycles. The highest BCUT2D eigenvalue weighted by molar-refractivity contribution is 5.94. The third kappa shape index (κ3) is 2.75. The summed E-state index contributed by atoms with van der Waals surface area (Å²) in [6.45, 7) is 0. The van der Waals surface area contributed by atoms with E-state index in [0.29, 0.717) is 5.56 Å². The number of H-pyrrole nitrogens is 1. The summed E-state index contributed by atoms with van der Waals surface area (Å²) in [5.74, 6) is -0.912. The monoisotopic (exact) mass is 276 g/mol. The van der Waals surface area contributed by atoms with Crippen LogP contribution in [0.15, 0.2) is 35.6 Å². The van der Waals surface area contributed by atoms with E-state index in [9.17, 15) is 19.7 Å². The zero-order valence-corrected chi connectivity index (χ0v) is 9.86. The maximum absolute atomic E-state index is 11.7. The molecule has 102 valence electrons. The molecule has 0 unspecified atom stereocenters. The van der Waals surface area contributed by atoms with Crippen LogP contribution in [0.4, 0.5) is 11.5 Å². The summed E-state index contributed by atoms with van der Waals surface area (Å²) < 4.78 is 0. The molecule has 0 saturated heterocycles. The predicted molar refractivity (Wildman–Crippen MR) is 66.8 cm³/mol. The Labute approximate surface area is 111 Å². The van der Waals surface area contributed by atoms with Crippen LogP contribution in [0.2, 0.25) is 0 Å². The third-order valence-electron chi connectivity index (χ3n) is 2.25. The van der Waals surface area contributed by atoms with Crippen LogP contribution in [0, 0.1) is 10.1 Å². The molecule has 0 bridgehead atoms. The number of pyridine rings is 1. The molecule has 0 saturated carbocycles. The fourth-order valence-electron chi connectivity index (χ4n) is 1.34. The summed E-state index contributed by atoms with van der Waals surface area (Å²) >= 11 is 0. The zero-order chi connectivity index (χ0) is 14.5. The van der Waals surface area contributed by atoms with Gasteiger partial charge in [0.25, 0.3) is 5.91 Å². The number of nitro groups is 1. The minimum absolute atomic E-state index is 0.292. The molecule has 0 atom stereocenters. The van der Waals surface area contributed by atoms with Crippen molar-refractivity contribution in [1.82, 2.24) is 20.4 Å². The fourth-order valence-corrected chi connectivity index (χ4v) is 1.34. The fraction of sp³-hybridized carbons (Fsp3) is 0. The van der Waals surface area contributed by atoms with Gasteiger partial charge in [-0.25, -0.2) is 4.98 Å². The molecule has 10 nitrogen and oxygen atoms in total. The van der Waals surface area contributed by atoms with Crippen molar-refractivity contribution in [3.05, 3.63) is 56.9 Å². The van der Waals surface area contributed by atoms with Crippen LogP contribution in [-0.4, -0.2) is 25.8 Å². The van der Waals surface area contributed by atoms with E-state index < -0.39 is 22.1 Å². The molecule has 0 aliphatic heterocycles. The number of carbonyl (C=O) groups excluding carboxylic acids is 1. The van der Waals surface area contributed by atoms with Crippen LogP contribution < -0.4 is 16.4 Å². The van der Waals surface area contributed by atoms with Crippen molar-refractivity contribution < 1.29 is 9.72 Å². The van der Waals surface area contributed by atoms with Crippen LogP contribution in [0.1, 0.15) is 10.4 Å². The highest BCUT2D eigenvalue weighted by Crippen LogP contribution is 2.13. The van der Waals surface area contributed by atoms with Gasteiger partial charge < -0.3 is 4.98 Å². The Hall–Kier alpha value is -3.30. The maximum Gasteiger partial charge on any atom is 0.377 e. The summed E-state index contributed by atoms with van der Waals surface area (Å²) in [7, 11) is 0. The van der Waals surface area contributed by atoms with Crippen molar-refractivity contribution in [3.8, 4) is 0 Å². The molecule has 0 spiro atoms. The Balaban J connectivity index is 2.16. The van der Waals surface area contributed by atoms with Crippen LogP contribution >= 0.6 is 0 Å². The molecule has 0 radical (unpaired) electrons. The molecule has 2 aromatic rings. The van der Waals surface area contributed by atoms with Gasteiger partial charge in [0.1, 0.15) is 0 Å². The van der Waals surface area contributed by atoms with Crippen molar-refractivity contribution in [2.75, 3.05) is 5.43 Å². The molecule has 0 aliphatic carbocycles. The molecule has 2 rings (SSSR count). The van der Waals surface area contributed by atoms with E-state index >= 15 is 0 Å². The second-order valence-electron chi connectivity index (χ2n) is 3.50. The van der Waals surface area contributed by atoms with Gasteiger partial charge in [-0.3, -0.25) is 35.5 Å². The first-order chi connectivity index (χ1) is 9.59. The van der Waals surface area contributed by atoms with Gasteiger partial charge in [0.2, 0.25) is 5.82 Å². The summed E-state index contributed by atoms with van der Waals surface area (Å²) in [6.07, 6.45) is 3.82. The second-order valence-corrected chi connectivity index (χ2v) is 3.50. The van der Waals surface area contributed by atoms with E-state index in [-0.39, 0.29) is 5.82 Å². The largest absolute Gasteiger partial charge is 0.377 e. The highest BCUT2D eigenvalue weighted by atomic mass is 16.6. The van der Waals surface area contributed by atoms with E-state index in [1.807, 2.05) is 0 Å². The number of aromatic nitrogens is 3. The van der Waals surface area contributed by atoms with Crippen LogP contribution in [0.5, 0.6) is 0 Å². The van der Waals surface area contributed by atoms with Crippen molar-refractivity contribution in [1.29, 1.82) is 0 Å². The number of hydrazine groups is 1. The Bertz CT molecular complexity index is 698. The molecule has 1 amide bonds. The van der Waals surface area contributed by atoms with Crippen molar-refractivity contribution in [2.45, 2.75) is 0 Å². The van der Waals surface area contributed by atoms with Gasteiger partial charge in [0, 0.05) is 18.0 Å². The van der Waals surface area contributed by atoms with Crippen molar-refractivity contribution in [2.24, 2.45) is 0 Å². The first-order valence-electron chi connectivity index (χ1n) is 5.28. The highest BCUT2D eigenvalue weighted by Gasteiger charge is 2.20. The van der Waals surface area contributed by atoms with Gasteiger partial charge >= 0.3 is 11.2 Å². The number of carbonyl (C=O) groups is 1. The standard InChI is InChI=1S/C10H8N6O4/c17-9(6-1-3-11-4-2-6)15-14-8-7(16(19)20)10(18)13-5-12-8/h1-5H,(H,15,17)(H2,12,13,14,18). The molecule has 2 aromatic heterocycles. The quantitative estimate of drug-likeness (QED) is 0.519. The minimum atomic E-state index is -0.925. The lowest BCUT2D eigenvalue weighted by Crippen LogP contribution is -2.31. The minimum Gasteiger partial charge on any atom is -0.307 e. The van der Waals surface area contributed by atoms with Crippen LogP contribution in [0.25, 0.3) is 0 Å². The number of nitrogens with zero attached hydrogens (tertiary/aromatic N) is 3. The number of amides is 1. The number of rotatable bonds is 4. The Morgan fingerprint density at radius 1 is 1.35 bits per heavy atom. The molecule has 0 fully saturated rings. The third-order valence-corrected chi connectivity index (χ3v) is 2.25. The molecule has 0 aliphatic rings. The van der Waals surface area contributed by atoms with Gasteiger partial charge in [0.15, 0.2) is 0 Å². The van der Waals surface area contributed by atoms with E-state index in [0.717, 1.165) is 6.33 Å². The molecule has 3 N–H and O–H groups in total. The molecular weight excluding hydrogens is 268 g/mol. The number of nitrogens with one attached hydrogen (secondary N) is 3. The second kappa shape index (κ2) is 5.56. The first-order valence-corrected chi connectivity index (χ1v) is 5.28. The average molecular weight is 276 g/mol. The number of aromatic amines is 1. The Kier molecular flexibility index (Phi) is 3.65. The first kappa shape index (κ1) is 13.1. The SMILES string of the molecule is O=C(NNc1nc[nH]c(=O)c1[N+](=O)[O-])c1ccncc1. The molecule has 2 heterocycles. The van der Waals surface area contributed by atoms with Gasteiger partial charge in [-0.2, -0.15) is 0 Å². The van der Waals surface area contributed by atoms with Crippen molar-refractivity contribution in [3.63, 3.8) is 0 Å². The Morgan fingerprint density at radius 2 is 2.05 bits per heavy atom. The lowest BCUT2D eigenvalue weighted by atomic mass is 10.3. The van der Waals surface area contributed by atoms with Gasteiger partial charge in [0.05, 0.1) is 11.3 Å². The predicted octanol–water partition coefficient (Wildman–Crippen LogP) is -0.170. The topological polar surface area (TPSA) is 143 Å². The smallest absolute Gasteiger partial charge is 0.307 e. The van der Waals surface area contributed by atoms with Crippen LogP contribution in [-0.2, 0) is 0 Å². The number of hydrogen-bond donors (Lipinski definition) is 3. The zero-order valence-electron chi connectivity index (χ0n) is 9.86. The molecule has 20 heavy (non-hydrogen) atoms. The van der Waals surface area contributed by atoms with Crippen LogP contribution in [0.3, 0.4) is 0 Å². The summed E-state index contributed by atoms with van der Waals surface area (Å²) in [5.41, 5.74) is 3.02. The number of anilines is 1. The summed E-state index contributed by atoms with van der Waals surface area (Å²) in [5, 5.41) is 10.7. The number of hydrogen-bond acceptors (Lipinski definition) is 7. The molecule has 10 heteroatoms. The average Bonchev–Trinajstić information content (AvgIpc) is 2.45. The van der Waals surface area contributed by atoms with Gasteiger partial charge in [-0.1, -0.05) is 0 Å². The Morgan fingerprint density at radius 3 is 2.70 bits per heavy atom. The molecular formula is C10H8N6O4. The van der Waals surface area contributed by atoms with E-state index in [4.69, 9.17) is 0 Å². The summed E-state index contributed by atoms with van der Waals surface area (Å²) in [4.78, 5) is 42.3. The lowest BCUT2D eigenvalue weighted by molar-refractivity contribution is -0.385. The lowest BCUT2D eigenvalue weighted by Gasteiger charge is -2.07. The van der Waals surface area contributed by atoms with E-state index in [1.165, 1.54) is 24.5 Å². The normalized spacial score (nSPS) is 9.80. The maximum atomic E-state index is 11.7.